The highest BCUT2D eigenvalue weighted by molar-refractivity contribution is 6.35. The van der Waals surface area contributed by atoms with Crippen molar-refractivity contribution < 1.29 is 14.8 Å². The molecule has 0 radical (unpaired) electrons. The molecule has 0 aromatic heterocycles. The van der Waals surface area contributed by atoms with Gasteiger partial charge < -0.3 is 10.0 Å². The fraction of sp³-hybridized carbons (Fsp3) is 0.360. The van der Waals surface area contributed by atoms with Crippen LogP contribution in [0.25, 0.3) is 0 Å². The SMILES string of the molecule is O=C(O)/C(CCCN1CCCCC1)=N/NC1=Nc2ccc([N+](=O)[O-])cc2C(c2ccccc2)=NC1. The molecule has 35 heavy (non-hydrogen) atoms. The Balaban J connectivity index is 1.54. The Morgan fingerprint density at radius 2 is 1.91 bits per heavy atom. The fourth-order valence-corrected chi connectivity index (χ4v) is 4.24. The molecule has 0 bridgehead atoms. The minimum atomic E-state index is -1.07. The van der Waals surface area contributed by atoms with Gasteiger partial charge in [-0.3, -0.25) is 20.5 Å². The number of fused-ring (bicyclic) bond motifs is 1. The predicted molar refractivity (Wildman–Crippen MR) is 135 cm³/mol. The van der Waals surface area contributed by atoms with Crippen LogP contribution in [0.3, 0.4) is 0 Å². The molecule has 4 rings (SSSR count). The molecule has 2 N–H and O–H groups in total. The van der Waals surface area contributed by atoms with E-state index < -0.39 is 10.9 Å². The van der Waals surface area contributed by atoms with Gasteiger partial charge in [0.15, 0.2) is 0 Å². The van der Waals surface area contributed by atoms with Gasteiger partial charge in [0.25, 0.3) is 5.69 Å². The third kappa shape index (κ3) is 6.36. The van der Waals surface area contributed by atoms with Crippen molar-refractivity contribution in [2.45, 2.75) is 32.1 Å². The molecule has 0 atom stereocenters. The lowest BCUT2D eigenvalue weighted by Gasteiger charge is -2.26. The highest BCUT2D eigenvalue weighted by Gasteiger charge is 2.20. The molecule has 0 aliphatic carbocycles. The van der Waals surface area contributed by atoms with Gasteiger partial charge in [-0.25, -0.2) is 9.79 Å². The van der Waals surface area contributed by atoms with Gasteiger partial charge in [-0.15, -0.1) is 0 Å². The van der Waals surface area contributed by atoms with Gasteiger partial charge in [-0.2, -0.15) is 5.10 Å². The predicted octanol–water partition coefficient (Wildman–Crippen LogP) is 3.77. The van der Waals surface area contributed by atoms with Crippen molar-refractivity contribution in [2.75, 3.05) is 26.2 Å². The van der Waals surface area contributed by atoms with Crippen molar-refractivity contribution in [3.05, 3.63) is 69.8 Å². The van der Waals surface area contributed by atoms with E-state index in [4.69, 9.17) is 0 Å². The molecule has 2 aliphatic rings. The number of amidine groups is 1. The van der Waals surface area contributed by atoms with Crippen LogP contribution in [0.1, 0.15) is 43.2 Å². The Bertz CT molecular complexity index is 1170. The van der Waals surface area contributed by atoms with Crippen molar-refractivity contribution >= 4 is 34.6 Å². The van der Waals surface area contributed by atoms with Gasteiger partial charge in [0.05, 0.1) is 22.9 Å². The zero-order chi connectivity index (χ0) is 24.6. The van der Waals surface area contributed by atoms with Gasteiger partial charge in [-0.05, 0) is 45.0 Å². The Kier molecular flexibility index (Phi) is 7.94. The number of piperidine rings is 1. The topological polar surface area (TPSA) is 133 Å². The Hall–Kier alpha value is -3.92. The third-order valence-corrected chi connectivity index (χ3v) is 6.04. The van der Waals surface area contributed by atoms with Gasteiger partial charge in [0.1, 0.15) is 11.5 Å². The van der Waals surface area contributed by atoms with Gasteiger partial charge in [-0.1, -0.05) is 36.8 Å². The second-order valence-electron chi connectivity index (χ2n) is 8.53. The number of carbonyl (C=O) groups is 1. The lowest BCUT2D eigenvalue weighted by molar-refractivity contribution is -0.384. The summed E-state index contributed by atoms with van der Waals surface area (Å²) in [5.74, 6) is -0.712. The minimum absolute atomic E-state index is 0.0325. The Labute approximate surface area is 203 Å². The summed E-state index contributed by atoms with van der Waals surface area (Å²) in [6, 6.07) is 13.8. The maximum absolute atomic E-state index is 11.7. The van der Waals surface area contributed by atoms with E-state index in [9.17, 15) is 20.0 Å². The number of nitro benzene ring substituents is 1. The van der Waals surface area contributed by atoms with E-state index in [2.05, 4.69) is 25.4 Å². The highest BCUT2D eigenvalue weighted by Crippen LogP contribution is 2.29. The van der Waals surface area contributed by atoms with E-state index in [1.165, 1.54) is 31.4 Å². The monoisotopic (exact) mass is 476 g/mol. The van der Waals surface area contributed by atoms with Gasteiger partial charge >= 0.3 is 5.97 Å². The molecule has 0 unspecified atom stereocenters. The van der Waals surface area contributed by atoms with Crippen LogP contribution in [0, 0.1) is 10.1 Å². The molecule has 182 valence electrons. The lowest BCUT2D eigenvalue weighted by Crippen LogP contribution is -2.31. The van der Waals surface area contributed by atoms with Crippen molar-refractivity contribution in [3.63, 3.8) is 0 Å². The quantitative estimate of drug-likeness (QED) is 0.338. The number of carboxylic acid groups (broad SMARTS) is 1. The third-order valence-electron chi connectivity index (χ3n) is 6.04. The molecule has 2 aromatic carbocycles. The van der Waals surface area contributed by atoms with Crippen LogP contribution in [0.2, 0.25) is 0 Å². The van der Waals surface area contributed by atoms with Crippen LogP contribution in [0.4, 0.5) is 11.4 Å². The number of hydrazone groups is 1. The second kappa shape index (κ2) is 11.5. The van der Waals surface area contributed by atoms with Crippen molar-refractivity contribution in [1.82, 2.24) is 10.3 Å². The molecule has 1 saturated heterocycles. The number of nitrogens with zero attached hydrogens (tertiary/aromatic N) is 5. The minimum Gasteiger partial charge on any atom is -0.477 e. The molecule has 10 nitrogen and oxygen atoms in total. The lowest BCUT2D eigenvalue weighted by atomic mass is 10.00. The number of hydrogen-bond acceptors (Lipinski definition) is 8. The molecule has 0 spiro atoms. The molecule has 1 fully saturated rings. The van der Waals surface area contributed by atoms with E-state index in [1.54, 1.807) is 6.07 Å². The number of rotatable bonds is 8. The Morgan fingerprint density at radius 1 is 1.14 bits per heavy atom. The van der Waals surface area contributed by atoms with Crippen LogP contribution in [0.5, 0.6) is 0 Å². The van der Waals surface area contributed by atoms with E-state index >= 15 is 0 Å². The average molecular weight is 477 g/mol. The van der Waals surface area contributed by atoms with E-state index in [0.717, 1.165) is 25.2 Å². The maximum Gasteiger partial charge on any atom is 0.352 e. The Morgan fingerprint density at radius 3 is 2.63 bits per heavy atom. The molecule has 2 aromatic rings. The van der Waals surface area contributed by atoms with E-state index in [1.807, 2.05) is 30.3 Å². The molecular formula is C25H28N6O4. The zero-order valence-electron chi connectivity index (χ0n) is 19.4. The first-order valence-electron chi connectivity index (χ1n) is 11.8. The summed E-state index contributed by atoms with van der Waals surface area (Å²) in [6.45, 7) is 3.10. The number of aliphatic imine (C=N–C) groups is 2. The molecular weight excluding hydrogens is 448 g/mol. The standard InChI is InChI=1S/C25H28N6O4/c32-25(33)22(10-7-15-30-13-5-2-6-14-30)28-29-23-17-26-24(18-8-3-1-4-9-18)20-16-19(31(34)35)11-12-21(20)27-23/h1,3-4,8-9,11-12,16H,2,5-7,10,13-15,17H2,(H,27,29)(H,32,33)/b28-22+. The van der Waals surface area contributed by atoms with Crippen LogP contribution < -0.4 is 5.43 Å². The molecule has 2 aliphatic heterocycles. The van der Waals surface area contributed by atoms with Gasteiger partial charge in [0.2, 0.25) is 0 Å². The summed E-state index contributed by atoms with van der Waals surface area (Å²) in [7, 11) is 0. The second-order valence-corrected chi connectivity index (χ2v) is 8.53. The first-order chi connectivity index (χ1) is 17.0. The van der Waals surface area contributed by atoms with Crippen LogP contribution >= 0.6 is 0 Å². The molecule has 2 heterocycles. The smallest absolute Gasteiger partial charge is 0.352 e. The van der Waals surface area contributed by atoms with E-state index in [-0.39, 0.29) is 17.9 Å². The van der Waals surface area contributed by atoms with Crippen molar-refractivity contribution in [2.24, 2.45) is 15.1 Å². The first-order valence-corrected chi connectivity index (χ1v) is 11.8. The summed E-state index contributed by atoms with van der Waals surface area (Å²) >= 11 is 0. The van der Waals surface area contributed by atoms with Crippen molar-refractivity contribution in [3.8, 4) is 0 Å². The summed E-state index contributed by atoms with van der Waals surface area (Å²) in [4.78, 5) is 34.2. The number of benzene rings is 2. The fourth-order valence-electron chi connectivity index (χ4n) is 4.24. The largest absolute Gasteiger partial charge is 0.477 e. The number of aliphatic carboxylic acids is 1. The maximum atomic E-state index is 11.7. The van der Waals surface area contributed by atoms with Crippen LogP contribution in [0.15, 0.2) is 63.6 Å². The summed E-state index contributed by atoms with van der Waals surface area (Å²) in [5, 5.41) is 25.1. The number of carboxylic acids is 1. The van der Waals surface area contributed by atoms with Crippen LogP contribution in [-0.4, -0.2) is 64.3 Å². The number of likely N-dealkylation sites (tertiary alicyclic amines) is 1. The molecule has 10 heteroatoms. The first kappa shape index (κ1) is 24.2. The average Bonchev–Trinajstić information content (AvgIpc) is 3.05. The zero-order valence-corrected chi connectivity index (χ0v) is 19.4. The number of nitro groups is 1. The van der Waals surface area contributed by atoms with E-state index in [0.29, 0.717) is 35.6 Å². The normalized spacial score (nSPS) is 16.5. The summed E-state index contributed by atoms with van der Waals surface area (Å²) in [5.41, 5.74) is 5.17. The van der Waals surface area contributed by atoms with Gasteiger partial charge in [0, 0.05) is 29.7 Å². The highest BCUT2D eigenvalue weighted by atomic mass is 16.6. The summed E-state index contributed by atoms with van der Waals surface area (Å²) < 4.78 is 0. The number of nitrogens with one attached hydrogen (secondary N) is 1. The number of hydrogen-bond donors (Lipinski definition) is 2. The van der Waals surface area contributed by atoms with Crippen molar-refractivity contribution in [1.29, 1.82) is 0 Å². The van der Waals surface area contributed by atoms with Crippen LogP contribution in [-0.2, 0) is 4.79 Å². The summed E-state index contributed by atoms with van der Waals surface area (Å²) in [6.07, 6.45) is 4.69. The molecule has 0 amide bonds. The molecule has 0 saturated carbocycles. The number of non-ortho nitro benzene ring substituents is 1.